The molecule has 6 heteroatoms. The van der Waals surface area contributed by atoms with Crippen LogP contribution in [0.1, 0.15) is 72.8 Å². The topological polar surface area (TPSA) is 93.1 Å². The lowest BCUT2D eigenvalue weighted by molar-refractivity contribution is -0.234. The molecule has 2 saturated carbocycles. The lowest BCUT2D eigenvalue weighted by atomic mass is 9.43. The molecule has 0 saturated heterocycles. The van der Waals surface area contributed by atoms with Crippen molar-refractivity contribution in [3.63, 3.8) is 0 Å². The lowest BCUT2D eigenvalue weighted by Gasteiger charge is -2.64. The van der Waals surface area contributed by atoms with Crippen molar-refractivity contribution in [1.82, 2.24) is 0 Å². The fourth-order valence-electron chi connectivity index (χ4n) is 6.22. The van der Waals surface area contributed by atoms with E-state index in [1.165, 1.54) is 13.8 Å². The van der Waals surface area contributed by atoms with Gasteiger partial charge in [0.1, 0.15) is 11.5 Å². The summed E-state index contributed by atoms with van der Waals surface area (Å²) in [6, 6.07) is 5.08. The molecule has 6 unspecified atom stereocenters. The van der Waals surface area contributed by atoms with Crippen molar-refractivity contribution in [1.29, 1.82) is 0 Å². The molecular weight excluding hydrogens is 396 g/mol. The van der Waals surface area contributed by atoms with Gasteiger partial charge in [0.2, 0.25) is 0 Å². The van der Waals surface area contributed by atoms with E-state index >= 15 is 0 Å². The van der Waals surface area contributed by atoms with E-state index < -0.39 is 29.1 Å². The lowest BCUT2D eigenvalue weighted by Crippen LogP contribution is -2.65. The van der Waals surface area contributed by atoms with Gasteiger partial charge in [0.05, 0.1) is 11.7 Å². The molecule has 0 radical (unpaired) electrons. The van der Waals surface area contributed by atoms with Gasteiger partial charge in [-0.1, -0.05) is 20.8 Å². The maximum atomic E-state index is 11.7. The number of aliphatic hydroxyl groups excluding tert-OH is 1. The Morgan fingerprint density at radius 3 is 2.32 bits per heavy atom. The fraction of sp³-hybridized carbons (Fsp3) is 0.680. The summed E-state index contributed by atoms with van der Waals surface area (Å²) in [5.41, 5.74) is -1.00. The minimum absolute atomic E-state index is 0.171. The van der Waals surface area contributed by atoms with E-state index in [-0.39, 0.29) is 11.3 Å². The van der Waals surface area contributed by atoms with E-state index in [0.717, 1.165) is 24.8 Å². The molecule has 1 aromatic carbocycles. The van der Waals surface area contributed by atoms with Crippen LogP contribution in [0, 0.1) is 22.7 Å². The summed E-state index contributed by atoms with van der Waals surface area (Å²) in [7, 11) is 0. The summed E-state index contributed by atoms with van der Waals surface area (Å²) >= 11 is 0. The van der Waals surface area contributed by atoms with Crippen LogP contribution in [-0.2, 0) is 16.0 Å². The van der Waals surface area contributed by atoms with Crippen LogP contribution >= 0.6 is 0 Å². The maximum absolute atomic E-state index is 11.7. The van der Waals surface area contributed by atoms with Crippen molar-refractivity contribution in [2.75, 3.05) is 0 Å². The normalized spacial score (nSPS) is 37.6. The molecule has 2 fully saturated rings. The molecule has 0 spiro atoms. The quantitative estimate of drug-likeness (QED) is 0.551. The van der Waals surface area contributed by atoms with Crippen LogP contribution in [0.3, 0.4) is 0 Å². The molecule has 0 aliphatic heterocycles. The first-order valence-electron chi connectivity index (χ1n) is 11.2. The van der Waals surface area contributed by atoms with Gasteiger partial charge in [0, 0.05) is 19.3 Å². The number of esters is 2. The molecule has 6 atom stereocenters. The van der Waals surface area contributed by atoms with Crippen LogP contribution in [0.25, 0.3) is 0 Å². The average molecular weight is 433 g/mol. The van der Waals surface area contributed by atoms with E-state index in [1.54, 1.807) is 25.1 Å². The number of hydrogen-bond donors (Lipinski definition) is 2. The standard InChI is InChI=1S/C25H36O6/c1-15-11-12-24(5)21(9-10-22(28)25(24,6)29)23(15,4)14-18-13-19(30-16(2)26)7-8-20(18)31-17(3)27/h7-8,13,15,21-22,28-29H,9-12,14H2,1-6H3. The molecule has 172 valence electrons. The zero-order valence-electron chi connectivity index (χ0n) is 19.5. The van der Waals surface area contributed by atoms with E-state index in [1.807, 2.05) is 0 Å². The van der Waals surface area contributed by atoms with Crippen molar-refractivity contribution in [2.45, 2.75) is 85.4 Å². The highest BCUT2D eigenvalue weighted by molar-refractivity contribution is 5.71. The highest BCUT2D eigenvalue weighted by atomic mass is 16.5. The van der Waals surface area contributed by atoms with Crippen LogP contribution in [0.2, 0.25) is 0 Å². The first-order valence-corrected chi connectivity index (χ1v) is 11.2. The van der Waals surface area contributed by atoms with E-state index in [0.29, 0.717) is 30.3 Å². The van der Waals surface area contributed by atoms with Crippen LogP contribution in [-0.4, -0.2) is 33.9 Å². The molecular formula is C25H36O6. The molecule has 1 aromatic rings. The van der Waals surface area contributed by atoms with Gasteiger partial charge in [-0.3, -0.25) is 9.59 Å². The van der Waals surface area contributed by atoms with Crippen molar-refractivity contribution in [2.24, 2.45) is 22.7 Å². The maximum Gasteiger partial charge on any atom is 0.308 e. The second kappa shape index (κ2) is 8.21. The molecule has 6 nitrogen and oxygen atoms in total. The van der Waals surface area contributed by atoms with Crippen molar-refractivity contribution in [3.05, 3.63) is 23.8 Å². The number of hydrogen-bond acceptors (Lipinski definition) is 6. The first kappa shape index (κ1) is 23.7. The molecule has 0 heterocycles. The summed E-state index contributed by atoms with van der Waals surface area (Å²) < 4.78 is 10.8. The summed E-state index contributed by atoms with van der Waals surface area (Å²) in [5, 5.41) is 21.9. The number of fused-ring (bicyclic) bond motifs is 1. The Hall–Kier alpha value is -1.92. The predicted molar refractivity (Wildman–Crippen MR) is 117 cm³/mol. The van der Waals surface area contributed by atoms with Crippen molar-refractivity contribution >= 4 is 11.9 Å². The van der Waals surface area contributed by atoms with Gasteiger partial charge in [-0.25, -0.2) is 0 Å². The molecule has 0 bridgehead atoms. The number of benzene rings is 1. The number of ether oxygens (including phenoxy) is 2. The average Bonchev–Trinajstić information content (AvgIpc) is 2.65. The Bertz CT molecular complexity index is 862. The van der Waals surface area contributed by atoms with Gasteiger partial charge in [-0.05, 0) is 80.0 Å². The number of carbonyl (C=O) groups is 2. The molecule has 31 heavy (non-hydrogen) atoms. The first-order chi connectivity index (χ1) is 14.3. The van der Waals surface area contributed by atoms with Gasteiger partial charge >= 0.3 is 11.9 Å². The third-order valence-corrected chi connectivity index (χ3v) is 8.44. The summed E-state index contributed by atoms with van der Waals surface area (Å²) in [6.45, 7) is 11.1. The second-order valence-corrected chi connectivity index (χ2v) is 10.3. The Kier molecular flexibility index (Phi) is 6.29. The second-order valence-electron chi connectivity index (χ2n) is 10.3. The Labute approximate surface area is 184 Å². The van der Waals surface area contributed by atoms with Crippen LogP contribution in [0.5, 0.6) is 11.5 Å². The predicted octanol–water partition coefficient (Wildman–Crippen LogP) is 4.04. The number of carbonyl (C=O) groups excluding carboxylic acids is 2. The third-order valence-electron chi connectivity index (χ3n) is 8.44. The Balaban J connectivity index is 2.04. The van der Waals surface area contributed by atoms with E-state index in [4.69, 9.17) is 9.47 Å². The van der Waals surface area contributed by atoms with Crippen molar-refractivity contribution in [3.8, 4) is 11.5 Å². The van der Waals surface area contributed by atoms with Crippen LogP contribution in [0.15, 0.2) is 18.2 Å². The Morgan fingerprint density at radius 2 is 1.71 bits per heavy atom. The highest BCUT2D eigenvalue weighted by Gasteiger charge is 2.62. The van der Waals surface area contributed by atoms with Gasteiger partial charge in [-0.15, -0.1) is 0 Å². The third kappa shape index (κ3) is 4.12. The molecule has 3 rings (SSSR count). The van der Waals surface area contributed by atoms with E-state index in [9.17, 15) is 19.8 Å². The van der Waals surface area contributed by atoms with Gasteiger partial charge < -0.3 is 19.7 Å². The molecule has 2 aliphatic carbocycles. The van der Waals surface area contributed by atoms with Crippen LogP contribution < -0.4 is 9.47 Å². The van der Waals surface area contributed by atoms with Crippen LogP contribution in [0.4, 0.5) is 0 Å². The zero-order chi connectivity index (χ0) is 23.2. The summed E-state index contributed by atoms with van der Waals surface area (Å²) in [6.07, 6.45) is 3.02. The SMILES string of the molecule is CC(=O)Oc1ccc(OC(C)=O)c(CC2(C)C(C)CCC3(C)C2CCC(O)C3(C)O)c1. The number of aliphatic hydroxyl groups is 2. The van der Waals surface area contributed by atoms with Gasteiger partial charge in [0.25, 0.3) is 0 Å². The summed E-state index contributed by atoms with van der Waals surface area (Å²) in [5.74, 6) is 0.597. The molecule has 0 amide bonds. The fourth-order valence-corrected chi connectivity index (χ4v) is 6.22. The molecule has 2 N–H and O–H groups in total. The van der Waals surface area contributed by atoms with Gasteiger partial charge in [0.15, 0.2) is 0 Å². The smallest absolute Gasteiger partial charge is 0.308 e. The minimum atomic E-state index is -1.17. The Morgan fingerprint density at radius 1 is 1.06 bits per heavy atom. The van der Waals surface area contributed by atoms with Gasteiger partial charge in [-0.2, -0.15) is 0 Å². The van der Waals surface area contributed by atoms with E-state index in [2.05, 4.69) is 20.8 Å². The number of rotatable bonds is 4. The summed E-state index contributed by atoms with van der Waals surface area (Å²) in [4.78, 5) is 23.2. The highest BCUT2D eigenvalue weighted by Crippen LogP contribution is 2.64. The largest absolute Gasteiger partial charge is 0.427 e. The van der Waals surface area contributed by atoms with Crippen molar-refractivity contribution < 1.29 is 29.3 Å². The zero-order valence-corrected chi connectivity index (χ0v) is 19.5. The monoisotopic (exact) mass is 432 g/mol. The minimum Gasteiger partial charge on any atom is -0.427 e. The molecule has 0 aromatic heterocycles. The molecule has 2 aliphatic rings.